The number of aryl methyl sites for hydroxylation is 1. The molecule has 4 heteroatoms. The minimum absolute atomic E-state index is 0.650. The molecule has 2 heterocycles. The normalized spacial score (nSPS) is 13.7. The number of benzene rings is 6. The number of hydrogen-bond acceptors (Lipinski definition) is 3. The molecule has 0 N–H and O–H groups in total. The molecule has 0 amide bonds. The molecule has 8 aromatic rings. The molecule has 2 aromatic heterocycles. The van der Waals surface area contributed by atoms with Gasteiger partial charge < -0.3 is 4.57 Å². The highest BCUT2D eigenvalue weighted by Gasteiger charge is 2.22. The molecule has 2 aliphatic rings. The van der Waals surface area contributed by atoms with E-state index in [1.165, 1.54) is 44.4 Å². The molecule has 55 heavy (non-hydrogen) atoms. The lowest BCUT2D eigenvalue weighted by molar-refractivity contribution is 0.980. The SMILES string of the molecule is C1=CCCC(c2cccc(C3=Cc4c(c5ccccc5n4-c4ccc(-c5cccc(-c6nc(-c7ccccc7)nc(-c7ccccc7)n6)c5)cc4)CC3)c2)=C1. The highest BCUT2D eigenvalue weighted by Crippen LogP contribution is 2.39. The van der Waals surface area contributed by atoms with Gasteiger partial charge >= 0.3 is 0 Å². The number of rotatable bonds is 7. The first kappa shape index (κ1) is 32.7. The third-order valence-electron chi connectivity index (χ3n) is 10.9. The maximum Gasteiger partial charge on any atom is 0.164 e. The fraction of sp³-hybridized carbons (Fsp3) is 0.0784. The second-order valence-corrected chi connectivity index (χ2v) is 14.3. The first-order valence-electron chi connectivity index (χ1n) is 19.1. The monoisotopic (exact) mass is 706 g/mol. The summed E-state index contributed by atoms with van der Waals surface area (Å²) in [5, 5.41) is 1.33. The van der Waals surface area contributed by atoms with Crippen molar-refractivity contribution in [2.75, 3.05) is 0 Å². The third kappa shape index (κ3) is 6.32. The van der Waals surface area contributed by atoms with Crippen molar-refractivity contribution in [1.82, 2.24) is 19.5 Å². The van der Waals surface area contributed by atoms with E-state index in [-0.39, 0.29) is 0 Å². The van der Waals surface area contributed by atoms with Gasteiger partial charge in [0.05, 0.1) is 11.2 Å². The molecule has 262 valence electrons. The third-order valence-corrected chi connectivity index (χ3v) is 10.9. The van der Waals surface area contributed by atoms with Crippen LogP contribution in [0.5, 0.6) is 0 Å². The highest BCUT2D eigenvalue weighted by atomic mass is 15.0. The Bertz CT molecular complexity index is 2730. The maximum absolute atomic E-state index is 4.97. The minimum atomic E-state index is 0.650. The van der Waals surface area contributed by atoms with Gasteiger partial charge in [0.2, 0.25) is 0 Å². The van der Waals surface area contributed by atoms with E-state index in [2.05, 4.69) is 126 Å². The number of aromatic nitrogens is 4. The molecule has 0 spiro atoms. The summed E-state index contributed by atoms with van der Waals surface area (Å²) in [5.41, 5.74) is 15.7. The number of hydrogen-bond donors (Lipinski definition) is 0. The standard InChI is InChI=1S/C51H38N4/c1-4-14-35(15-5-1)39-20-12-22-41(32-39)42-28-31-46-45-24-10-11-25-47(45)55(48(46)34-42)44-29-26-36(27-30-44)40-21-13-23-43(33-40)51-53-49(37-16-6-2-7-17-37)52-50(54-51)38-18-8-3-9-19-38/h1-4,6-14,16-27,29-30,32-34H,5,15,28,31H2. The van der Waals surface area contributed by atoms with E-state index in [4.69, 9.17) is 15.0 Å². The fourth-order valence-electron chi connectivity index (χ4n) is 8.08. The van der Waals surface area contributed by atoms with Crippen molar-refractivity contribution in [2.24, 2.45) is 0 Å². The van der Waals surface area contributed by atoms with Crippen LogP contribution in [0.4, 0.5) is 0 Å². The molecule has 0 saturated heterocycles. The van der Waals surface area contributed by atoms with Crippen molar-refractivity contribution >= 4 is 28.1 Å². The van der Waals surface area contributed by atoms with Gasteiger partial charge in [0, 0.05) is 27.8 Å². The van der Waals surface area contributed by atoms with Crippen LogP contribution < -0.4 is 0 Å². The predicted octanol–water partition coefficient (Wildman–Crippen LogP) is 12.7. The molecule has 0 unspecified atom stereocenters. The zero-order valence-corrected chi connectivity index (χ0v) is 30.4. The van der Waals surface area contributed by atoms with Crippen LogP contribution >= 0.6 is 0 Å². The van der Waals surface area contributed by atoms with E-state index in [1.807, 2.05) is 60.7 Å². The van der Waals surface area contributed by atoms with Crippen LogP contribution in [0.3, 0.4) is 0 Å². The van der Waals surface area contributed by atoms with Crippen LogP contribution in [0, 0.1) is 0 Å². The molecule has 4 nitrogen and oxygen atoms in total. The molecule has 0 bridgehead atoms. The Labute approximate surface area is 321 Å². The second-order valence-electron chi connectivity index (χ2n) is 14.3. The Kier molecular flexibility index (Phi) is 8.42. The summed E-state index contributed by atoms with van der Waals surface area (Å²) >= 11 is 0. The lowest BCUT2D eigenvalue weighted by atomic mass is 9.88. The summed E-state index contributed by atoms with van der Waals surface area (Å²) in [5.74, 6) is 1.97. The number of allylic oxidation sites excluding steroid dienone is 5. The zero-order valence-electron chi connectivity index (χ0n) is 30.4. The molecule has 10 rings (SSSR count). The smallest absolute Gasteiger partial charge is 0.164 e. The van der Waals surface area contributed by atoms with Gasteiger partial charge in [-0.25, -0.2) is 15.0 Å². The fourth-order valence-corrected chi connectivity index (χ4v) is 8.08. The number of para-hydroxylation sites is 1. The number of fused-ring (bicyclic) bond motifs is 3. The largest absolute Gasteiger partial charge is 0.310 e. The highest BCUT2D eigenvalue weighted by molar-refractivity contribution is 5.96. The molecular weight excluding hydrogens is 669 g/mol. The van der Waals surface area contributed by atoms with Gasteiger partial charge in [0.25, 0.3) is 0 Å². The summed E-state index contributed by atoms with van der Waals surface area (Å²) in [4.78, 5) is 14.8. The van der Waals surface area contributed by atoms with Gasteiger partial charge in [-0.05, 0) is 101 Å². The average Bonchev–Trinajstić information content (AvgIpc) is 3.61. The molecule has 2 aliphatic carbocycles. The zero-order chi connectivity index (χ0) is 36.6. The Morgan fingerprint density at radius 3 is 1.71 bits per heavy atom. The Morgan fingerprint density at radius 2 is 1.02 bits per heavy atom. The first-order chi connectivity index (χ1) is 27.2. The Balaban J connectivity index is 1.01. The summed E-state index contributed by atoms with van der Waals surface area (Å²) in [6.45, 7) is 0. The van der Waals surface area contributed by atoms with Gasteiger partial charge in [-0.2, -0.15) is 0 Å². The average molecular weight is 707 g/mol. The molecule has 0 fully saturated rings. The quantitative estimate of drug-likeness (QED) is 0.166. The summed E-state index contributed by atoms with van der Waals surface area (Å²) in [7, 11) is 0. The van der Waals surface area contributed by atoms with Crippen molar-refractivity contribution in [3.63, 3.8) is 0 Å². The van der Waals surface area contributed by atoms with Gasteiger partial charge in [0.1, 0.15) is 0 Å². The molecule has 6 aromatic carbocycles. The summed E-state index contributed by atoms with van der Waals surface area (Å²) in [6.07, 6.45) is 13.4. The summed E-state index contributed by atoms with van der Waals surface area (Å²) in [6, 6.07) is 55.7. The van der Waals surface area contributed by atoms with Gasteiger partial charge in [-0.15, -0.1) is 0 Å². The predicted molar refractivity (Wildman–Crippen MR) is 227 cm³/mol. The van der Waals surface area contributed by atoms with Crippen molar-refractivity contribution in [3.05, 3.63) is 198 Å². The van der Waals surface area contributed by atoms with Gasteiger partial charge in [-0.1, -0.05) is 146 Å². The van der Waals surface area contributed by atoms with Crippen LogP contribution in [-0.4, -0.2) is 19.5 Å². The van der Waals surface area contributed by atoms with E-state index in [1.54, 1.807) is 0 Å². The van der Waals surface area contributed by atoms with Crippen molar-refractivity contribution < 1.29 is 0 Å². The van der Waals surface area contributed by atoms with Gasteiger partial charge in [-0.3, -0.25) is 0 Å². The van der Waals surface area contributed by atoms with Crippen LogP contribution in [0.2, 0.25) is 0 Å². The second kappa shape index (κ2) is 14.1. The molecule has 0 aliphatic heterocycles. The van der Waals surface area contributed by atoms with Crippen LogP contribution in [0.25, 0.3) is 79.1 Å². The van der Waals surface area contributed by atoms with E-state index < -0.39 is 0 Å². The van der Waals surface area contributed by atoms with Crippen LogP contribution in [0.1, 0.15) is 41.6 Å². The summed E-state index contributed by atoms with van der Waals surface area (Å²) < 4.78 is 2.45. The van der Waals surface area contributed by atoms with Crippen LogP contribution in [0.15, 0.2) is 176 Å². The maximum atomic E-state index is 4.97. The number of nitrogens with zero attached hydrogens (tertiary/aromatic N) is 4. The first-order valence-corrected chi connectivity index (χ1v) is 19.1. The van der Waals surface area contributed by atoms with Crippen molar-refractivity contribution in [2.45, 2.75) is 25.7 Å². The Hall–Kier alpha value is -6.91. The van der Waals surface area contributed by atoms with Gasteiger partial charge in [0.15, 0.2) is 17.5 Å². The lowest BCUT2D eigenvalue weighted by Crippen LogP contribution is -2.03. The van der Waals surface area contributed by atoms with Crippen molar-refractivity contribution in [1.29, 1.82) is 0 Å². The van der Waals surface area contributed by atoms with E-state index in [0.717, 1.165) is 59.2 Å². The lowest BCUT2D eigenvalue weighted by Gasteiger charge is -2.18. The molecule has 0 atom stereocenters. The van der Waals surface area contributed by atoms with Crippen LogP contribution in [-0.2, 0) is 6.42 Å². The molecule has 0 saturated carbocycles. The molecule has 0 radical (unpaired) electrons. The van der Waals surface area contributed by atoms with E-state index >= 15 is 0 Å². The topological polar surface area (TPSA) is 43.6 Å². The van der Waals surface area contributed by atoms with E-state index in [9.17, 15) is 0 Å². The van der Waals surface area contributed by atoms with E-state index in [0.29, 0.717) is 17.5 Å². The van der Waals surface area contributed by atoms with Crippen molar-refractivity contribution in [3.8, 4) is 51.0 Å². The molecular formula is C51H38N4. The Morgan fingerprint density at radius 1 is 0.436 bits per heavy atom. The minimum Gasteiger partial charge on any atom is -0.310 e.